The highest BCUT2D eigenvalue weighted by Gasteiger charge is 2.21. The molecule has 0 saturated carbocycles. The second-order valence-electron chi connectivity index (χ2n) is 8.42. The molecule has 5 rings (SSSR count). The second kappa shape index (κ2) is 9.39. The fraction of sp³-hybridized carbons (Fsp3) is 0.148. The number of fused-ring (bicyclic) bond motifs is 3. The first kappa shape index (κ1) is 23.4. The Balaban J connectivity index is 1.62. The Labute approximate surface area is 210 Å². The molecule has 5 aromatic rings. The summed E-state index contributed by atoms with van der Waals surface area (Å²) in [5, 5.41) is 3.71. The van der Waals surface area contributed by atoms with E-state index in [4.69, 9.17) is 20.8 Å². The van der Waals surface area contributed by atoms with Crippen molar-refractivity contribution < 1.29 is 13.9 Å². The summed E-state index contributed by atoms with van der Waals surface area (Å²) in [7, 11) is 1.56. The minimum absolute atomic E-state index is 0.0000551. The molecule has 0 radical (unpaired) electrons. The Bertz CT molecular complexity index is 1730. The van der Waals surface area contributed by atoms with Crippen LogP contribution < -0.4 is 21.3 Å². The number of rotatable bonds is 6. The minimum atomic E-state index is -0.625. The van der Waals surface area contributed by atoms with Crippen LogP contribution in [0.4, 0.5) is 5.69 Å². The summed E-state index contributed by atoms with van der Waals surface area (Å²) in [5.74, 6) is 0.187. The first-order chi connectivity index (χ1) is 17.4. The second-order valence-corrected chi connectivity index (χ2v) is 8.82. The molecule has 1 amide bonds. The average molecular weight is 504 g/mol. The molecule has 9 heteroatoms. The van der Waals surface area contributed by atoms with E-state index >= 15 is 0 Å². The first-order valence-electron chi connectivity index (χ1n) is 11.2. The highest BCUT2D eigenvalue weighted by atomic mass is 35.5. The maximum atomic E-state index is 13.6. The van der Waals surface area contributed by atoms with Crippen LogP contribution >= 0.6 is 11.6 Å². The van der Waals surface area contributed by atoms with E-state index in [1.807, 2.05) is 13.0 Å². The predicted molar refractivity (Wildman–Crippen MR) is 139 cm³/mol. The van der Waals surface area contributed by atoms with E-state index in [1.165, 1.54) is 4.57 Å². The fourth-order valence-electron chi connectivity index (χ4n) is 4.15. The lowest BCUT2D eigenvalue weighted by Gasteiger charge is -2.13. The molecule has 0 aliphatic heterocycles. The van der Waals surface area contributed by atoms with Gasteiger partial charge in [0.25, 0.3) is 5.56 Å². The van der Waals surface area contributed by atoms with Crippen molar-refractivity contribution in [2.24, 2.45) is 0 Å². The molecule has 0 unspecified atom stereocenters. The summed E-state index contributed by atoms with van der Waals surface area (Å²) in [5.41, 5.74) is 1.63. The van der Waals surface area contributed by atoms with Crippen LogP contribution in [0.2, 0.25) is 5.02 Å². The van der Waals surface area contributed by atoms with Crippen LogP contribution in [0.25, 0.3) is 22.1 Å². The number of aromatic nitrogens is 2. The molecular weight excluding hydrogens is 482 g/mol. The van der Waals surface area contributed by atoms with Gasteiger partial charge in [-0.1, -0.05) is 41.9 Å². The molecule has 36 heavy (non-hydrogen) atoms. The highest BCUT2D eigenvalue weighted by Crippen LogP contribution is 2.26. The standard InChI is InChI=1S/C27H22ClN3O5/c1-16-7-12-21(20(28)13-16)29-23(32)15-30-24-19-5-3-4-6-22(19)36-25(24)26(33)31(27(30)34)14-17-8-10-18(35-2)11-9-17/h3-13H,14-15H2,1-2H3,(H,29,32). The summed E-state index contributed by atoms with van der Waals surface area (Å²) >= 11 is 6.27. The SMILES string of the molecule is COc1ccc(Cn2c(=O)c3oc4ccccc4c3n(CC(=O)Nc3ccc(C)cc3Cl)c2=O)cc1. The number of nitrogens with zero attached hydrogens (tertiary/aromatic N) is 2. The van der Waals surface area contributed by atoms with Gasteiger partial charge in [0.15, 0.2) is 0 Å². The normalized spacial score (nSPS) is 11.2. The molecule has 0 atom stereocenters. The van der Waals surface area contributed by atoms with Gasteiger partial charge in [-0.2, -0.15) is 0 Å². The lowest BCUT2D eigenvalue weighted by molar-refractivity contribution is -0.116. The van der Waals surface area contributed by atoms with Gasteiger partial charge in [-0.3, -0.25) is 18.7 Å². The molecule has 182 valence electrons. The van der Waals surface area contributed by atoms with Crippen LogP contribution in [0.15, 0.2) is 80.7 Å². The smallest absolute Gasteiger partial charge is 0.332 e. The average Bonchev–Trinajstić information content (AvgIpc) is 3.26. The van der Waals surface area contributed by atoms with Crippen LogP contribution in [0.3, 0.4) is 0 Å². The van der Waals surface area contributed by atoms with Crippen molar-refractivity contribution in [3.8, 4) is 5.75 Å². The topological polar surface area (TPSA) is 95.5 Å². The molecule has 1 N–H and O–H groups in total. The molecule has 3 aromatic carbocycles. The maximum absolute atomic E-state index is 13.6. The van der Waals surface area contributed by atoms with Gasteiger partial charge in [-0.05, 0) is 54.4 Å². The van der Waals surface area contributed by atoms with Crippen molar-refractivity contribution in [3.63, 3.8) is 0 Å². The molecule has 2 heterocycles. The largest absolute Gasteiger partial charge is 0.497 e. The molecule has 0 saturated heterocycles. The number of benzene rings is 3. The Morgan fingerprint density at radius 3 is 2.50 bits per heavy atom. The summed E-state index contributed by atoms with van der Waals surface area (Å²) in [6.45, 7) is 1.55. The van der Waals surface area contributed by atoms with E-state index in [9.17, 15) is 14.4 Å². The molecule has 0 fully saturated rings. The van der Waals surface area contributed by atoms with Crippen molar-refractivity contribution in [2.45, 2.75) is 20.0 Å². The van der Waals surface area contributed by atoms with Crippen molar-refractivity contribution in [1.29, 1.82) is 0 Å². The van der Waals surface area contributed by atoms with Gasteiger partial charge in [0.05, 0.1) is 24.4 Å². The van der Waals surface area contributed by atoms with E-state index in [0.717, 1.165) is 10.1 Å². The third kappa shape index (κ3) is 4.27. The molecule has 0 aliphatic carbocycles. The van der Waals surface area contributed by atoms with Crippen molar-refractivity contribution in [2.75, 3.05) is 12.4 Å². The lowest BCUT2D eigenvalue weighted by atomic mass is 10.2. The Kier molecular flexibility index (Phi) is 6.12. The van der Waals surface area contributed by atoms with Crippen molar-refractivity contribution in [1.82, 2.24) is 9.13 Å². The number of anilines is 1. The van der Waals surface area contributed by atoms with E-state index in [2.05, 4.69) is 5.32 Å². The van der Waals surface area contributed by atoms with Crippen molar-refractivity contribution in [3.05, 3.63) is 104 Å². The summed E-state index contributed by atoms with van der Waals surface area (Å²) in [6, 6.07) is 19.3. The number of methoxy groups -OCH3 is 1. The number of nitrogens with one attached hydrogen (secondary N) is 1. The zero-order valence-corrected chi connectivity index (χ0v) is 20.3. The van der Waals surface area contributed by atoms with Gasteiger partial charge in [-0.15, -0.1) is 0 Å². The van der Waals surface area contributed by atoms with E-state index in [-0.39, 0.29) is 24.2 Å². The number of halogens is 1. The van der Waals surface area contributed by atoms with Gasteiger partial charge in [0.2, 0.25) is 11.5 Å². The van der Waals surface area contributed by atoms with Crippen LogP contribution in [0.5, 0.6) is 5.75 Å². The van der Waals surface area contributed by atoms with Gasteiger partial charge < -0.3 is 14.5 Å². The summed E-state index contributed by atoms with van der Waals surface area (Å²) in [4.78, 5) is 40.0. The Morgan fingerprint density at radius 1 is 1.03 bits per heavy atom. The zero-order chi connectivity index (χ0) is 25.4. The summed E-state index contributed by atoms with van der Waals surface area (Å²) < 4.78 is 13.4. The predicted octanol–water partition coefficient (Wildman–Crippen LogP) is 4.57. The number of para-hydroxylation sites is 1. The van der Waals surface area contributed by atoms with Crippen LogP contribution in [-0.2, 0) is 17.9 Å². The van der Waals surface area contributed by atoms with Crippen LogP contribution in [0.1, 0.15) is 11.1 Å². The number of ether oxygens (including phenoxy) is 1. The monoisotopic (exact) mass is 503 g/mol. The molecule has 0 bridgehead atoms. The van der Waals surface area contributed by atoms with Crippen LogP contribution in [0, 0.1) is 6.92 Å². The highest BCUT2D eigenvalue weighted by molar-refractivity contribution is 6.33. The minimum Gasteiger partial charge on any atom is -0.497 e. The number of hydrogen-bond acceptors (Lipinski definition) is 5. The molecular formula is C27H22ClN3O5. The number of carbonyl (C=O) groups excluding carboxylic acids is 1. The Morgan fingerprint density at radius 2 is 1.78 bits per heavy atom. The summed E-state index contributed by atoms with van der Waals surface area (Å²) in [6.07, 6.45) is 0. The van der Waals surface area contributed by atoms with Gasteiger partial charge in [0, 0.05) is 5.39 Å². The van der Waals surface area contributed by atoms with E-state index < -0.39 is 17.2 Å². The van der Waals surface area contributed by atoms with E-state index in [1.54, 1.807) is 67.8 Å². The quantitative estimate of drug-likeness (QED) is 0.366. The zero-order valence-electron chi connectivity index (χ0n) is 19.6. The lowest BCUT2D eigenvalue weighted by Crippen LogP contribution is -2.41. The third-order valence-electron chi connectivity index (χ3n) is 5.94. The fourth-order valence-corrected chi connectivity index (χ4v) is 4.43. The first-order valence-corrected chi connectivity index (χ1v) is 11.6. The molecule has 0 spiro atoms. The number of furan rings is 1. The van der Waals surface area contributed by atoms with Crippen LogP contribution in [-0.4, -0.2) is 22.2 Å². The number of hydrogen-bond donors (Lipinski definition) is 1. The molecule has 0 aliphatic rings. The molecule has 8 nitrogen and oxygen atoms in total. The van der Waals surface area contributed by atoms with Gasteiger partial charge >= 0.3 is 5.69 Å². The molecule has 2 aromatic heterocycles. The van der Waals surface area contributed by atoms with Gasteiger partial charge in [-0.25, -0.2) is 4.79 Å². The third-order valence-corrected chi connectivity index (χ3v) is 6.25. The Hall–Kier alpha value is -4.30. The number of aryl methyl sites for hydroxylation is 1. The van der Waals surface area contributed by atoms with Crippen molar-refractivity contribution >= 4 is 45.3 Å². The number of carbonyl (C=O) groups is 1. The maximum Gasteiger partial charge on any atom is 0.332 e. The number of amides is 1. The van der Waals surface area contributed by atoms with Gasteiger partial charge in [0.1, 0.15) is 23.4 Å². The van der Waals surface area contributed by atoms with E-state index in [0.29, 0.717) is 33.0 Å².